The first kappa shape index (κ1) is 24.9. The second kappa shape index (κ2) is 11.0. The lowest BCUT2D eigenvalue weighted by Gasteiger charge is -2.32. The molecule has 1 saturated carbocycles. The molecule has 1 amide bonds. The number of hydrogen-bond donors (Lipinski definition) is 1. The molecule has 35 heavy (non-hydrogen) atoms. The van der Waals surface area contributed by atoms with Crippen molar-refractivity contribution in [3.8, 4) is 6.07 Å². The first-order valence-corrected chi connectivity index (χ1v) is 13.7. The van der Waals surface area contributed by atoms with Crippen LogP contribution in [0, 0.1) is 11.3 Å². The van der Waals surface area contributed by atoms with Crippen molar-refractivity contribution in [3.63, 3.8) is 0 Å². The fourth-order valence-electron chi connectivity index (χ4n) is 4.85. The third-order valence-electron chi connectivity index (χ3n) is 6.66. The lowest BCUT2D eigenvalue weighted by molar-refractivity contribution is -0.135. The Hall–Kier alpha value is -3.21. The summed E-state index contributed by atoms with van der Waals surface area (Å²) in [6, 6.07) is 20.8. The molecule has 1 aliphatic carbocycles. The minimum absolute atomic E-state index is 0.136. The van der Waals surface area contributed by atoms with E-state index in [1.165, 1.54) is 0 Å². The normalized spacial score (nSPS) is 15.1. The van der Waals surface area contributed by atoms with E-state index in [9.17, 15) is 13.2 Å². The Balaban J connectivity index is 1.66. The predicted octanol–water partition coefficient (Wildman–Crippen LogP) is 4.78. The maximum absolute atomic E-state index is 13.8. The summed E-state index contributed by atoms with van der Waals surface area (Å²) in [4.78, 5) is 15.8. The summed E-state index contributed by atoms with van der Waals surface area (Å²) < 4.78 is 29.6. The fraction of sp³-hybridized carbons (Fsp3) is 0.357. The van der Waals surface area contributed by atoms with Crippen LogP contribution in [0.3, 0.4) is 0 Å². The summed E-state index contributed by atoms with van der Waals surface area (Å²) in [5.74, 6) is -0.188. The summed E-state index contributed by atoms with van der Waals surface area (Å²) in [5, 5.41) is 10.9. The number of hydrogen-bond acceptors (Lipinski definition) is 4. The maximum Gasteiger partial charge on any atom is 0.241 e. The van der Waals surface area contributed by atoms with Gasteiger partial charge in [0.25, 0.3) is 0 Å². The Morgan fingerprint density at radius 3 is 2.40 bits per heavy atom. The zero-order valence-corrected chi connectivity index (χ0v) is 20.8. The van der Waals surface area contributed by atoms with Crippen molar-refractivity contribution in [2.24, 2.45) is 0 Å². The maximum atomic E-state index is 13.8. The number of sulfonamides is 1. The Bertz CT molecular complexity index is 1320. The number of nitrogens with zero attached hydrogens (tertiary/aromatic N) is 2. The van der Waals surface area contributed by atoms with Gasteiger partial charge in [-0.05, 0) is 66.3 Å². The van der Waals surface area contributed by atoms with Crippen molar-refractivity contribution in [1.29, 1.82) is 5.26 Å². The zero-order chi connectivity index (χ0) is 24.8. The number of rotatable bonds is 9. The van der Waals surface area contributed by atoms with Crippen molar-refractivity contribution in [3.05, 3.63) is 77.9 Å². The van der Waals surface area contributed by atoms with Crippen molar-refractivity contribution < 1.29 is 13.2 Å². The lowest BCUT2D eigenvalue weighted by atomic mass is 10.0. The SMILES string of the molecule is CCCN(C(=O)[C@H](Cc1ccc(C#N)cc1)NS(=O)(=O)c1ccc2ccccc2c1)C1CCCC1. The van der Waals surface area contributed by atoms with Crippen molar-refractivity contribution in [1.82, 2.24) is 9.62 Å². The molecule has 3 aromatic carbocycles. The van der Waals surface area contributed by atoms with E-state index >= 15 is 0 Å². The predicted molar refractivity (Wildman–Crippen MR) is 137 cm³/mol. The van der Waals surface area contributed by atoms with Gasteiger partial charge < -0.3 is 4.90 Å². The molecule has 1 aliphatic rings. The molecule has 4 rings (SSSR count). The quantitative estimate of drug-likeness (QED) is 0.468. The van der Waals surface area contributed by atoms with Crippen molar-refractivity contribution in [2.75, 3.05) is 6.54 Å². The number of nitriles is 1. The topological polar surface area (TPSA) is 90.3 Å². The first-order valence-electron chi connectivity index (χ1n) is 12.2. The number of nitrogens with one attached hydrogen (secondary N) is 1. The van der Waals surface area contributed by atoms with Gasteiger partial charge in [-0.25, -0.2) is 8.42 Å². The lowest BCUT2D eigenvalue weighted by Crippen LogP contribution is -2.52. The Morgan fingerprint density at radius 2 is 1.74 bits per heavy atom. The number of amides is 1. The number of fused-ring (bicyclic) bond motifs is 1. The highest BCUT2D eigenvalue weighted by Crippen LogP contribution is 2.26. The first-order chi connectivity index (χ1) is 16.9. The molecule has 0 spiro atoms. The van der Waals surface area contributed by atoms with Gasteiger partial charge >= 0.3 is 0 Å². The second-order valence-corrected chi connectivity index (χ2v) is 10.9. The molecule has 0 unspecified atom stereocenters. The summed E-state index contributed by atoms with van der Waals surface area (Å²) in [7, 11) is -3.95. The largest absolute Gasteiger partial charge is 0.338 e. The highest BCUT2D eigenvalue weighted by Gasteiger charge is 2.33. The molecule has 0 heterocycles. The standard InChI is InChI=1S/C28H31N3O3S/c1-2-17-31(25-9-5-6-10-25)28(32)27(18-21-11-13-22(20-29)14-12-21)30-35(33,34)26-16-15-23-7-3-4-8-24(23)19-26/h3-4,7-8,11-16,19,25,27,30H,2,5-6,9-10,17-18H2,1H3/t27-/m0/s1. The van der Waals surface area contributed by atoms with Gasteiger partial charge in [-0.1, -0.05) is 62.2 Å². The Kier molecular flexibility index (Phi) is 7.84. The monoisotopic (exact) mass is 489 g/mol. The van der Waals surface area contributed by atoms with E-state index < -0.39 is 16.1 Å². The number of carbonyl (C=O) groups is 1. The number of benzene rings is 3. The van der Waals surface area contributed by atoms with Gasteiger partial charge in [-0.3, -0.25) is 4.79 Å². The molecule has 6 nitrogen and oxygen atoms in total. The molecular weight excluding hydrogens is 458 g/mol. The molecular formula is C28H31N3O3S. The molecule has 1 N–H and O–H groups in total. The molecule has 0 aliphatic heterocycles. The third kappa shape index (κ3) is 5.90. The van der Waals surface area contributed by atoms with E-state index in [1.807, 2.05) is 36.1 Å². The van der Waals surface area contributed by atoms with Gasteiger partial charge in [0.15, 0.2) is 0 Å². The number of carbonyl (C=O) groups excluding carboxylic acids is 1. The van der Waals surface area contributed by atoms with Crippen LogP contribution in [-0.4, -0.2) is 37.9 Å². The van der Waals surface area contributed by atoms with Gasteiger partial charge in [0.1, 0.15) is 6.04 Å². The Morgan fingerprint density at radius 1 is 1.06 bits per heavy atom. The van der Waals surface area contributed by atoms with Crippen LogP contribution in [0.5, 0.6) is 0 Å². The average Bonchev–Trinajstić information content (AvgIpc) is 3.41. The molecule has 0 bridgehead atoms. The molecule has 0 aromatic heterocycles. The molecule has 1 atom stereocenters. The average molecular weight is 490 g/mol. The van der Waals surface area contributed by atoms with Crippen molar-refractivity contribution in [2.45, 2.75) is 62.4 Å². The Labute approximate surface area is 207 Å². The van der Waals surface area contributed by atoms with Crippen LogP contribution in [0.2, 0.25) is 0 Å². The second-order valence-electron chi connectivity index (χ2n) is 9.17. The molecule has 3 aromatic rings. The summed E-state index contributed by atoms with van der Waals surface area (Å²) in [6.45, 7) is 2.63. The van der Waals surface area contributed by atoms with Gasteiger partial charge in [0, 0.05) is 12.6 Å². The van der Waals surface area contributed by atoms with Gasteiger partial charge in [-0.15, -0.1) is 0 Å². The van der Waals surface area contributed by atoms with Gasteiger partial charge in [0.2, 0.25) is 15.9 Å². The van der Waals surface area contributed by atoms with Crippen LogP contribution in [-0.2, 0) is 21.2 Å². The summed E-state index contributed by atoms with van der Waals surface area (Å²) >= 11 is 0. The molecule has 0 saturated heterocycles. The van der Waals surface area contributed by atoms with E-state index in [0.717, 1.165) is 48.4 Å². The van der Waals surface area contributed by atoms with Gasteiger partial charge in [-0.2, -0.15) is 9.98 Å². The van der Waals surface area contributed by atoms with E-state index in [-0.39, 0.29) is 23.3 Å². The highest BCUT2D eigenvalue weighted by molar-refractivity contribution is 7.89. The van der Waals surface area contributed by atoms with Crippen LogP contribution in [0.4, 0.5) is 0 Å². The minimum atomic E-state index is -3.95. The molecule has 1 fully saturated rings. The minimum Gasteiger partial charge on any atom is -0.338 e. The van der Waals surface area contributed by atoms with E-state index in [2.05, 4.69) is 10.8 Å². The zero-order valence-electron chi connectivity index (χ0n) is 20.0. The third-order valence-corrected chi connectivity index (χ3v) is 8.13. The van der Waals surface area contributed by atoms with Crippen LogP contribution >= 0.6 is 0 Å². The van der Waals surface area contributed by atoms with Crippen LogP contribution < -0.4 is 4.72 Å². The van der Waals surface area contributed by atoms with Gasteiger partial charge in [0.05, 0.1) is 16.5 Å². The van der Waals surface area contributed by atoms with Crippen LogP contribution in [0.1, 0.15) is 50.2 Å². The van der Waals surface area contributed by atoms with E-state index in [0.29, 0.717) is 12.1 Å². The van der Waals surface area contributed by atoms with E-state index in [4.69, 9.17) is 5.26 Å². The molecule has 7 heteroatoms. The molecule has 0 radical (unpaired) electrons. The van der Waals surface area contributed by atoms with E-state index in [1.54, 1.807) is 42.5 Å². The highest BCUT2D eigenvalue weighted by atomic mass is 32.2. The van der Waals surface area contributed by atoms with Crippen LogP contribution in [0.15, 0.2) is 71.6 Å². The van der Waals surface area contributed by atoms with Crippen molar-refractivity contribution >= 4 is 26.7 Å². The summed E-state index contributed by atoms with van der Waals surface area (Å²) in [6.07, 6.45) is 5.09. The fourth-order valence-corrected chi connectivity index (χ4v) is 6.07. The smallest absolute Gasteiger partial charge is 0.241 e. The summed E-state index contributed by atoms with van der Waals surface area (Å²) in [5.41, 5.74) is 1.32. The molecule has 182 valence electrons. The van der Waals surface area contributed by atoms with Crippen LogP contribution in [0.25, 0.3) is 10.8 Å².